The summed E-state index contributed by atoms with van der Waals surface area (Å²) in [7, 11) is 1.81. The van der Waals surface area contributed by atoms with Gasteiger partial charge in [0.1, 0.15) is 6.07 Å². The molecule has 1 aromatic carbocycles. The molecule has 2 aromatic heterocycles. The van der Waals surface area contributed by atoms with Gasteiger partial charge in [-0.2, -0.15) is 5.26 Å². The number of anilines is 1. The number of carbonyl (C=O) groups excluding carboxylic acids is 1. The number of benzene rings is 1. The molecule has 28 heavy (non-hydrogen) atoms. The predicted octanol–water partition coefficient (Wildman–Crippen LogP) is 1.55. The lowest BCUT2D eigenvalue weighted by atomic mass is 10.0. The van der Waals surface area contributed by atoms with E-state index in [2.05, 4.69) is 21.0 Å². The Balaban J connectivity index is 1.37. The molecule has 0 radical (unpaired) electrons. The number of hydrogen-bond donors (Lipinski definition) is 0. The summed E-state index contributed by atoms with van der Waals surface area (Å²) in [6.07, 6.45) is 8.50. The molecule has 0 unspecified atom stereocenters. The minimum absolute atomic E-state index is 0.0153. The highest BCUT2D eigenvalue weighted by atomic mass is 16.2. The van der Waals surface area contributed by atoms with Crippen LogP contribution in [0.4, 0.5) is 5.82 Å². The predicted molar refractivity (Wildman–Crippen MR) is 103 cm³/mol. The number of likely N-dealkylation sites (N-methyl/N-ethyl adjacent to an activating group) is 1. The Morgan fingerprint density at radius 1 is 1.21 bits per heavy atom. The van der Waals surface area contributed by atoms with Gasteiger partial charge < -0.3 is 14.4 Å². The fraction of sp³-hybridized carbons (Fsp3) is 0.250. The lowest BCUT2D eigenvalue weighted by molar-refractivity contribution is 0.0705. The van der Waals surface area contributed by atoms with Crippen LogP contribution in [0, 0.1) is 11.3 Å². The van der Waals surface area contributed by atoms with Crippen LogP contribution in [0.15, 0.2) is 55.4 Å². The van der Waals surface area contributed by atoms with Crippen LogP contribution in [0.1, 0.15) is 21.6 Å². The van der Waals surface area contributed by atoms with Crippen LogP contribution in [0.3, 0.4) is 0 Å². The first-order valence-electron chi connectivity index (χ1n) is 8.93. The third-order valence-electron chi connectivity index (χ3n) is 4.94. The van der Waals surface area contributed by atoms with Crippen molar-refractivity contribution in [3.8, 4) is 6.07 Å². The summed E-state index contributed by atoms with van der Waals surface area (Å²) >= 11 is 0. The van der Waals surface area contributed by atoms with E-state index in [0.29, 0.717) is 30.2 Å². The summed E-state index contributed by atoms with van der Waals surface area (Å²) < 4.78 is 1.98. The Kier molecular flexibility index (Phi) is 4.72. The zero-order chi connectivity index (χ0) is 19.5. The molecule has 4 rings (SSSR count). The van der Waals surface area contributed by atoms with E-state index in [4.69, 9.17) is 5.26 Å². The van der Waals surface area contributed by atoms with E-state index in [1.165, 1.54) is 6.20 Å². The van der Waals surface area contributed by atoms with Gasteiger partial charge in [-0.25, -0.2) is 15.0 Å². The molecule has 8 heteroatoms. The summed E-state index contributed by atoms with van der Waals surface area (Å²) in [6, 6.07) is 9.78. The highest BCUT2D eigenvalue weighted by Crippen LogP contribution is 2.24. The van der Waals surface area contributed by atoms with Crippen molar-refractivity contribution in [2.75, 3.05) is 25.0 Å². The highest BCUT2D eigenvalue weighted by Gasteiger charge is 2.34. The smallest absolute Gasteiger partial charge is 0.253 e. The normalized spacial score (nSPS) is 13.6. The molecule has 0 atom stereocenters. The van der Waals surface area contributed by atoms with E-state index in [1.54, 1.807) is 23.6 Å². The molecule has 8 nitrogen and oxygen atoms in total. The van der Waals surface area contributed by atoms with Gasteiger partial charge >= 0.3 is 0 Å². The molecule has 3 heterocycles. The van der Waals surface area contributed by atoms with Gasteiger partial charge in [0, 0.05) is 57.0 Å². The maximum absolute atomic E-state index is 12.8. The van der Waals surface area contributed by atoms with Crippen LogP contribution in [0.5, 0.6) is 0 Å². The molecule has 1 amide bonds. The first kappa shape index (κ1) is 17.7. The molecule has 0 N–H and O–H groups in total. The number of aromatic nitrogens is 4. The van der Waals surface area contributed by atoms with Crippen molar-refractivity contribution in [3.63, 3.8) is 0 Å². The first-order chi connectivity index (χ1) is 13.7. The minimum Gasteiger partial charge on any atom is -0.350 e. The SMILES string of the molecule is CN(C(=O)c1ccc(Cn2ccnc2)cc1)C1CN(c2nccnc2C#N)C1. The second-order valence-corrected chi connectivity index (χ2v) is 6.75. The second-order valence-electron chi connectivity index (χ2n) is 6.75. The van der Waals surface area contributed by atoms with Crippen molar-refractivity contribution in [3.05, 3.63) is 72.2 Å². The summed E-state index contributed by atoms with van der Waals surface area (Å²) in [4.78, 5) is 28.8. The molecule has 0 spiro atoms. The number of carbonyl (C=O) groups is 1. The number of nitrogens with zero attached hydrogens (tertiary/aromatic N) is 7. The van der Waals surface area contributed by atoms with E-state index in [0.717, 1.165) is 12.1 Å². The standard InChI is InChI=1S/C20H19N7O/c1-25(17-12-27(13-17)19-18(10-21)23-6-7-24-19)20(28)16-4-2-15(3-5-16)11-26-9-8-22-14-26/h2-9,14,17H,11-13H2,1H3. The van der Waals surface area contributed by atoms with Crippen molar-refractivity contribution in [2.24, 2.45) is 0 Å². The van der Waals surface area contributed by atoms with Crippen molar-refractivity contribution < 1.29 is 4.79 Å². The topological polar surface area (TPSA) is 90.9 Å². The number of nitriles is 1. The molecule has 1 aliphatic heterocycles. The Hall–Kier alpha value is -3.73. The van der Waals surface area contributed by atoms with Gasteiger partial charge in [-0.15, -0.1) is 0 Å². The molecule has 1 aliphatic rings. The van der Waals surface area contributed by atoms with E-state index >= 15 is 0 Å². The summed E-state index contributed by atoms with van der Waals surface area (Å²) in [5, 5.41) is 9.15. The van der Waals surface area contributed by atoms with Crippen LogP contribution in [0.2, 0.25) is 0 Å². The fourth-order valence-electron chi connectivity index (χ4n) is 3.23. The van der Waals surface area contributed by atoms with Crippen molar-refractivity contribution in [2.45, 2.75) is 12.6 Å². The summed E-state index contributed by atoms with van der Waals surface area (Å²) in [6.45, 7) is 1.99. The van der Waals surface area contributed by atoms with Gasteiger partial charge in [0.15, 0.2) is 11.5 Å². The lowest BCUT2D eigenvalue weighted by Crippen LogP contribution is -2.60. The molecule has 3 aromatic rings. The van der Waals surface area contributed by atoms with E-state index < -0.39 is 0 Å². The van der Waals surface area contributed by atoms with E-state index in [-0.39, 0.29) is 11.9 Å². The molecule has 1 saturated heterocycles. The summed E-state index contributed by atoms with van der Waals surface area (Å²) in [5.41, 5.74) is 2.08. The molecule has 0 aliphatic carbocycles. The zero-order valence-electron chi connectivity index (χ0n) is 15.4. The number of rotatable bonds is 5. The molecule has 1 fully saturated rings. The second kappa shape index (κ2) is 7.48. The molecule has 140 valence electrons. The van der Waals surface area contributed by atoms with Gasteiger partial charge in [-0.3, -0.25) is 4.79 Å². The Morgan fingerprint density at radius 2 is 1.96 bits per heavy atom. The maximum Gasteiger partial charge on any atom is 0.253 e. The van der Waals surface area contributed by atoms with E-state index in [1.807, 2.05) is 47.0 Å². The third kappa shape index (κ3) is 3.42. The van der Waals surface area contributed by atoms with Gasteiger partial charge in [-0.1, -0.05) is 12.1 Å². The van der Waals surface area contributed by atoms with Gasteiger partial charge in [0.25, 0.3) is 5.91 Å². The largest absolute Gasteiger partial charge is 0.350 e. The van der Waals surface area contributed by atoms with Crippen molar-refractivity contribution >= 4 is 11.7 Å². The molecule has 0 saturated carbocycles. The molecule has 0 bridgehead atoms. The van der Waals surface area contributed by atoms with Gasteiger partial charge in [-0.05, 0) is 17.7 Å². The molecular weight excluding hydrogens is 354 g/mol. The number of imidazole rings is 1. The monoisotopic (exact) mass is 373 g/mol. The average molecular weight is 373 g/mol. The fourth-order valence-corrected chi connectivity index (χ4v) is 3.23. The van der Waals surface area contributed by atoms with Gasteiger partial charge in [0.05, 0.1) is 12.4 Å². The zero-order valence-corrected chi connectivity index (χ0v) is 15.4. The molecular formula is C20H19N7O. The minimum atomic E-state index is -0.0153. The first-order valence-corrected chi connectivity index (χ1v) is 8.93. The van der Waals surface area contributed by atoms with Crippen LogP contribution >= 0.6 is 0 Å². The third-order valence-corrected chi connectivity index (χ3v) is 4.94. The quantitative estimate of drug-likeness (QED) is 0.674. The maximum atomic E-state index is 12.8. The Morgan fingerprint density at radius 3 is 2.64 bits per heavy atom. The van der Waals surface area contributed by atoms with Crippen molar-refractivity contribution in [1.29, 1.82) is 5.26 Å². The Bertz CT molecular complexity index is 1000. The summed E-state index contributed by atoms with van der Waals surface area (Å²) in [5.74, 6) is 0.560. The highest BCUT2D eigenvalue weighted by molar-refractivity contribution is 5.94. The van der Waals surface area contributed by atoms with Crippen molar-refractivity contribution in [1.82, 2.24) is 24.4 Å². The van der Waals surface area contributed by atoms with E-state index in [9.17, 15) is 4.79 Å². The average Bonchev–Trinajstić information content (AvgIpc) is 3.20. The Labute approximate surface area is 162 Å². The van der Waals surface area contributed by atoms with Crippen LogP contribution < -0.4 is 4.90 Å². The van der Waals surface area contributed by atoms with Crippen LogP contribution in [0.25, 0.3) is 0 Å². The lowest BCUT2D eigenvalue weighted by Gasteiger charge is -2.44. The van der Waals surface area contributed by atoms with Gasteiger partial charge in [0.2, 0.25) is 0 Å². The number of hydrogen-bond acceptors (Lipinski definition) is 6. The van der Waals surface area contributed by atoms with Crippen LogP contribution in [-0.2, 0) is 6.54 Å². The van der Waals surface area contributed by atoms with Crippen LogP contribution in [-0.4, -0.2) is 56.5 Å². The number of amides is 1.